The van der Waals surface area contributed by atoms with Gasteiger partial charge >= 0.3 is 0 Å². The first-order chi connectivity index (χ1) is 11.8. The van der Waals surface area contributed by atoms with Crippen LogP contribution < -0.4 is 0 Å². The molecular weight excluding hydrogens is 318 g/mol. The molecule has 126 valence electrons. The third-order valence-electron chi connectivity index (χ3n) is 5.06. The van der Waals surface area contributed by atoms with E-state index in [1.54, 1.807) is 0 Å². The second kappa shape index (κ2) is 7.11. The van der Waals surface area contributed by atoms with Crippen molar-refractivity contribution in [3.8, 4) is 0 Å². The van der Waals surface area contributed by atoms with Crippen LogP contribution in [0.3, 0.4) is 0 Å². The first-order valence-corrected chi connectivity index (χ1v) is 9.91. The van der Waals surface area contributed by atoms with Gasteiger partial charge < -0.3 is 4.90 Å². The Morgan fingerprint density at radius 2 is 2.00 bits per heavy atom. The normalized spacial score (nSPS) is 22.2. The zero-order valence-corrected chi connectivity index (χ0v) is 14.7. The minimum Gasteiger partial charge on any atom is -0.340 e. The van der Waals surface area contributed by atoms with E-state index in [0.717, 1.165) is 56.0 Å². The summed E-state index contributed by atoms with van der Waals surface area (Å²) in [6, 6.07) is 10.5. The van der Waals surface area contributed by atoms with Gasteiger partial charge in [-0.1, -0.05) is 24.3 Å². The van der Waals surface area contributed by atoms with Crippen molar-refractivity contribution in [1.82, 2.24) is 14.8 Å². The van der Waals surface area contributed by atoms with E-state index in [4.69, 9.17) is 0 Å². The van der Waals surface area contributed by atoms with Gasteiger partial charge in [-0.3, -0.25) is 14.7 Å². The Bertz CT molecular complexity index is 724. The number of amides is 1. The number of likely N-dealkylation sites (tertiary alicyclic amines) is 1. The molecule has 5 heteroatoms. The molecular formula is C19H23N3OS. The second-order valence-electron chi connectivity index (χ2n) is 6.56. The molecule has 2 aliphatic rings. The fourth-order valence-electron chi connectivity index (χ4n) is 3.80. The number of benzene rings is 1. The molecule has 0 N–H and O–H groups in total. The van der Waals surface area contributed by atoms with Crippen LogP contribution in [0.1, 0.15) is 18.4 Å². The Labute approximate surface area is 147 Å². The maximum absolute atomic E-state index is 12.9. The lowest BCUT2D eigenvalue weighted by molar-refractivity contribution is -0.135. The Morgan fingerprint density at radius 1 is 1.17 bits per heavy atom. The number of hydrogen-bond donors (Lipinski definition) is 0. The third-order valence-corrected chi connectivity index (χ3v) is 6.00. The van der Waals surface area contributed by atoms with Gasteiger partial charge in [0.1, 0.15) is 0 Å². The maximum Gasteiger partial charge on any atom is 0.239 e. The summed E-state index contributed by atoms with van der Waals surface area (Å²) >= 11 is 1.95. The quantitative estimate of drug-likeness (QED) is 0.860. The molecule has 0 aliphatic carbocycles. The van der Waals surface area contributed by atoms with E-state index in [9.17, 15) is 4.79 Å². The van der Waals surface area contributed by atoms with Crippen LogP contribution in [0.4, 0.5) is 0 Å². The topological polar surface area (TPSA) is 36.4 Å². The number of para-hydroxylation sites is 1. The van der Waals surface area contributed by atoms with Gasteiger partial charge in [-0.15, -0.1) is 0 Å². The lowest BCUT2D eigenvalue weighted by Crippen LogP contribution is -2.48. The highest BCUT2D eigenvalue weighted by molar-refractivity contribution is 7.99. The number of carbonyl (C=O) groups excluding carboxylic acids is 1. The highest BCUT2D eigenvalue weighted by Gasteiger charge is 2.34. The van der Waals surface area contributed by atoms with E-state index in [1.807, 2.05) is 24.0 Å². The average Bonchev–Trinajstić information content (AvgIpc) is 3.10. The predicted octanol–water partition coefficient (Wildman–Crippen LogP) is 2.77. The van der Waals surface area contributed by atoms with Crippen molar-refractivity contribution in [3.63, 3.8) is 0 Å². The van der Waals surface area contributed by atoms with E-state index in [0.29, 0.717) is 5.91 Å². The standard InChI is InChI=1S/C19H23N3OS/c23-19(21-10-12-24-13-11-21)17-7-3-9-22(17)14-16-5-1-4-15-6-2-8-20-18(15)16/h1-2,4-6,8,17H,3,7,9-14H2/t17-/m1/s1. The number of nitrogens with zero attached hydrogens (tertiary/aromatic N) is 3. The molecule has 1 aromatic carbocycles. The summed E-state index contributed by atoms with van der Waals surface area (Å²) < 4.78 is 0. The molecule has 2 saturated heterocycles. The fraction of sp³-hybridized carbons (Fsp3) is 0.474. The summed E-state index contributed by atoms with van der Waals surface area (Å²) in [5.41, 5.74) is 2.29. The fourth-order valence-corrected chi connectivity index (χ4v) is 4.71. The van der Waals surface area contributed by atoms with Gasteiger partial charge in [-0.2, -0.15) is 11.8 Å². The number of fused-ring (bicyclic) bond motifs is 1. The molecule has 3 heterocycles. The Hall–Kier alpha value is -1.59. The van der Waals surface area contributed by atoms with Crippen LogP contribution in [0.25, 0.3) is 10.9 Å². The van der Waals surface area contributed by atoms with E-state index >= 15 is 0 Å². The molecule has 0 saturated carbocycles. The van der Waals surface area contributed by atoms with Gasteiger partial charge in [0.05, 0.1) is 11.6 Å². The van der Waals surface area contributed by atoms with Crippen LogP contribution in [0.2, 0.25) is 0 Å². The van der Waals surface area contributed by atoms with Crippen molar-refractivity contribution in [1.29, 1.82) is 0 Å². The van der Waals surface area contributed by atoms with Crippen LogP contribution >= 0.6 is 11.8 Å². The minimum atomic E-state index is 0.0482. The van der Waals surface area contributed by atoms with E-state index in [2.05, 4.69) is 39.0 Å². The summed E-state index contributed by atoms with van der Waals surface area (Å²) in [6.45, 7) is 3.63. The third kappa shape index (κ3) is 3.15. The predicted molar refractivity (Wildman–Crippen MR) is 99.1 cm³/mol. The number of aromatic nitrogens is 1. The van der Waals surface area contributed by atoms with Crippen molar-refractivity contribution >= 4 is 28.6 Å². The van der Waals surface area contributed by atoms with Gasteiger partial charge in [-0.05, 0) is 31.0 Å². The molecule has 1 atom stereocenters. The molecule has 4 rings (SSSR count). The Morgan fingerprint density at radius 3 is 2.88 bits per heavy atom. The lowest BCUT2D eigenvalue weighted by Gasteiger charge is -2.32. The SMILES string of the molecule is O=C([C@H]1CCCN1Cc1cccc2cccnc12)N1CCSCC1. The molecule has 2 fully saturated rings. The van der Waals surface area contributed by atoms with Gasteiger partial charge in [0.15, 0.2) is 0 Å². The first-order valence-electron chi connectivity index (χ1n) is 8.76. The number of hydrogen-bond acceptors (Lipinski definition) is 4. The van der Waals surface area contributed by atoms with Crippen molar-refractivity contribution < 1.29 is 4.79 Å². The van der Waals surface area contributed by atoms with Gasteiger partial charge in [0.25, 0.3) is 0 Å². The number of thioether (sulfide) groups is 1. The summed E-state index contributed by atoms with van der Waals surface area (Å²) in [4.78, 5) is 21.9. The van der Waals surface area contributed by atoms with Crippen LogP contribution in [0, 0.1) is 0 Å². The smallest absolute Gasteiger partial charge is 0.239 e. The molecule has 1 amide bonds. The zero-order valence-electron chi connectivity index (χ0n) is 13.9. The summed E-state index contributed by atoms with van der Waals surface area (Å²) in [7, 11) is 0. The lowest BCUT2D eigenvalue weighted by atomic mass is 10.1. The molecule has 0 radical (unpaired) electrons. The number of pyridine rings is 1. The second-order valence-corrected chi connectivity index (χ2v) is 7.78. The molecule has 2 aromatic rings. The summed E-state index contributed by atoms with van der Waals surface area (Å²) in [5, 5.41) is 1.17. The molecule has 0 spiro atoms. The highest BCUT2D eigenvalue weighted by Crippen LogP contribution is 2.25. The van der Waals surface area contributed by atoms with Crippen molar-refractivity contribution in [2.45, 2.75) is 25.4 Å². The summed E-state index contributed by atoms with van der Waals surface area (Å²) in [5.74, 6) is 2.48. The van der Waals surface area contributed by atoms with Crippen LogP contribution in [-0.4, -0.2) is 57.9 Å². The molecule has 4 nitrogen and oxygen atoms in total. The Balaban J connectivity index is 1.53. The van der Waals surface area contributed by atoms with Gasteiger partial charge in [0.2, 0.25) is 5.91 Å². The van der Waals surface area contributed by atoms with Crippen molar-refractivity contribution in [3.05, 3.63) is 42.1 Å². The molecule has 1 aromatic heterocycles. The van der Waals surface area contributed by atoms with Gasteiger partial charge in [-0.25, -0.2) is 0 Å². The van der Waals surface area contributed by atoms with Gasteiger partial charge in [0, 0.05) is 42.7 Å². The molecule has 0 unspecified atom stereocenters. The van der Waals surface area contributed by atoms with Crippen molar-refractivity contribution in [2.75, 3.05) is 31.1 Å². The zero-order chi connectivity index (χ0) is 16.4. The Kier molecular flexibility index (Phi) is 4.72. The van der Waals surface area contributed by atoms with E-state index in [-0.39, 0.29) is 6.04 Å². The molecule has 0 bridgehead atoms. The van der Waals surface area contributed by atoms with Crippen LogP contribution in [0.5, 0.6) is 0 Å². The monoisotopic (exact) mass is 341 g/mol. The van der Waals surface area contributed by atoms with E-state index < -0.39 is 0 Å². The minimum absolute atomic E-state index is 0.0482. The average molecular weight is 341 g/mol. The molecule has 24 heavy (non-hydrogen) atoms. The van der Waals surface area contributed by atoms with Crippen molar-refractivity contribution in [2.24, 2.45) is 0 Å². The largest absolute Gasteiger partial charge is 0.340 e. The first kappa shape index (κ1) is 15.9. The highest BCUT2D eigenvalue weighted by atomic mass is 32.2. The maximum atomic E-state index is 12.9. The van der Waals surface area contributed by atoms with Crippen LogP contribution in [0.15, 0.2) is 36.5 Å². The van der Waals surface area contributed by atoms with Crippen LogP contribution in [-0.2, 0) is 11.3 Å². The molecule has 2 aliphatic heterocycles. The number of rotatable bonds is 3. The summed E-state index contributed by atoms with van der Waals surface area (Å²) in [6.07, 6.45) is 3.95. The van der Waals surface area contributed by atoms with E-state index in [1.165, 1.54) is 10.9 Å². The number of carbonyl (C=O) groups is 1.